The lowest BCUT2D eigenvalue weighted by atomic mass is 10.0. The maximum absolute atomic E-state index is 13.0. The molecule has 1 saturated heterocycles. The molecule has 4 rings (SSSR count). The van der Waals surface area contributed by atoms with Crippen LogP contribution in [0, 0.1) is 0 Å². The number of carbonyl (C=O) groups is 1. The molecule has 3 aromatic rings. The summed E-state index contributed by atoms with van der Waals surface area (Å²) in [5.41, 5.74) is 2.63. The largest absolute Gasteiger partial charge is 0.350 e. The summed E-state index contributed by atoms with van der Waals surface area (Å²) in [6, 6.07) is 13.7. The van der Waals surface area contributed by atoms with Gasteiger partial charge in [0, 0.05) is 25.8 Å². The van der Waals surface area contributed by atoms with Crippen molar-refractivity contribution >= 4 is 11.6 Å². The minimum Gasteiger partial charge on any atom is -0.331 e. The summed E-state index contributed by atoms with van der Waals surface area (Å²) < 4.78 is 2.70. The number of aromatic nitrogens is 3. The van der Waals surface area contributed by atoms with E-state index in [9.17, 15) is 9.59 Å². The molecule has 7 heteroatoms. The molecule has 0 radical (unpaired) electrons. The summed E-state index contributed by atoms with van der Waals surface area (Å²) in [5, 5.41) is 7.63. The molecule has 0 aliphatic carbocycles. The number of amides is 1. The van der Waals surface area contributed by atoms with Gasteiger partial charge in [0.2, 0.25) is 5.91 Å². The predicted octanol–water partition coefficient (Wildman–Crippen LogP) is 1.23. The molecule has 1 aromatic carbocycles. The number of pyridine rings is 1. The van der Waals surface area contributed by atoms with Crippen LogP contribution >= 0.6 is 0 Å². The molecular formula is C20H23N5O2. The van der Waals surface area contributed by atoms with E-state index in [2.05, 4.69) is 41.6 Å². The van der Waals surface area contributed by atoms with Gasteiger partial charge in [-0.25, -0.2) is 9.48 Å². The number of aryl methyl sites for hydroxylation is 1. The van der Waals surface area contributed by atoms with Crippen molar-refractivity contribution in [1.82, 2.24) is 24.4 Å². The Bertz CT molecular complexity index is 1010. The van der Waals surface area contributed by atoms with Gasteiger partial charge >= 0.3 is 5.69 Å². The van der Waals surface area contributed by atoms with E-state index in [1.165, 1.54) is 14.6 Å². The van der Waals surface area contributed by atoms with Crippen LogP contribution < -0.4 is 11.0 Å². The van der Waals surface area contributed by atoms with Gasteiger partial charge in [0.25, 0.3) is 0 Å². The number of nitrogens with one attached hydrogen (secondary N) is 1. The molecule has 1 fully saturated rings. The van der Waals surface area contributed by atoms with E-state index in [-0.39, 0.29) is 24.2 Å². The van der Waals surface area contributed by atoms with Crippen LogP contribution in [0.5, 0.6) is 0 Å². The number of nitrogens with zero attached hydrogens (tertiary/aromatic N) is 4. The van der Waals surface area contributed by atoms with Gasteiger partial charge in [-0.1, -0.05) is 37.3 Å². The van der Waals surface area contributed by atoms with Gasteiger partial charge in [0.1, 0.15) is 6.54 Å². The summed E-state index contributed by atoms with van der Waals surface area (Å²) >= 11 is 0. The minimum atomic E-state index is -0.294. The van der Waals surface area contributed by atoms with E-state index >= 15 is 0 Å². The summed E-state index contributed by atoms with van der Waals surface area (Å²) in [6.07, 6.45) is 2.65. The Balaban J connectivity index is 1.58. The van der Waals surface area contributed by atoms with Crippen LogP contribution in [0.15, 0.2) is 53.5 Å². The summed E-state index contributed by atoms with van der Waals surface area (Å²) in [5.74, 6) is -0.0911. The van der Waals surface area contributed by atoms with Crippen molar-refractivity contribution in [2.45, 2.75) is 25.9 Å². The number of carbonyl (C=O) groups excluding carboxylic acids is 1. The molecule has 27 heavy (non-hydrogen) atoms. The Morgan fingerprint density at radius 3 is 2.78 bits per heavy atom. The second kappa shape index (κ2) is 7.36. The highest BCUT2D eigenvalue weighted by Crippen LogP contribution is 2.23. The van der Waals surface area contributed by atoms with Crippen molar-refractivity contribution in [3.05, 3.63) is 70.3 Å². The van der Waals surface area contributed by atoms with Crippen LogP contribution in [0.1, 0.15) is 24.1 Å². The van der Waals surface area contributed by atoms with Gasteiger partial charge in [-0.3, -0.25) is 9.20 Å². The predicted molar refractivity (Wildman–Crippen MR) is 103 cm³/mol. The lowest BCUT2D eigenvalue weighted by Crippen LogP contribution is -2.50. The molecule has 0 saturated carbocycles. The summed E-state index contributed by atoms with van der Waals surface area (Å²) in [4.78, 5) is 27.3. The Kier molecular flexibility index (Phi) is 4.77. The van der Waals surface area contributed by atoms with Crippen molar-refractivity contribution in [2.75, 3.05) is 19.6 Å². The number of hydrogen-bond donors (Lipinski definition) is 1. The van der Waals surface area contributed by atoms with Gasteiger partial charge in [-0.15, -0.1) is 5.10 Å². The molecule has 2 aromatic heterocycles. The zero-order chi connectivity index (χ0) is 18.8. The number of piperazine rings is 1. The first-order valence-corrected chi connectivity index (χ1v) is 9.30. The Morgan fingerprint density at radius 1 is 1.22 bits per heavy atom. The summed E-state index contributed by atoms with van der Waals surface area (Å²) in [6.45, 7) is 4.14. The summed E-state index contributed by atoms with van der Waals surface area (Å²) in [7, 11) is 0. The van der Waals surface area contributed by atoms with Crippen molar-refractivity contribution in [2.24, 2.45) is 0 Å². The molecule has 0 bridgehead atoms. The molecule has 1 aliphatic heterocycles. The van der Waals surface area contributed by atoms with Crippen LogP contribution in [0.25, 0.3) is 5.65 Å². The van der Waals surface area contributed by atoms with E-state index in [1.54, 1.807) is 18.3 Å². The SMILES string of the molecule is CCc1ccc(C2CNCCN2C(=O)Cn2nc3ccccn3c2=O)cc1. The maximum Gasteiger partial charge on any atom is 0.350 e. The van der Waals surface area contributed by atoms with Crippen LogP contribution in [-0.2, 0) is 17.8 Å². The van der Waals surface area contributed by atoms with Gasteiger partial charge in [0.15, 0.2) is 5.65 Å². The number of hydrogen-bond acceptors (Lipinski definition) is 4. The molecule has 7 nitrogen and oxygen atoms in total. The lowest BCUT2D eigenvalue weighted by Gasteiger charge is -2.36. The normalized spacial score (nSPS) is 17.4. The Morgan fingerprint density at radius 2 is 2.04 bits per heavy atom. The smallest absolute Gasteiger partial charge is 0.331 e. The lowest BCUT2D eigenvalue weighted by molar-refractivity contribution is -0.135. The molecule has 3 heterocycles. The van der Waals surface area contributed by atoms with Crippen LogP contribution in [0.3, 0.4) is 0 Å². The minimum absolute atomic E-state index is 0.0371. The molecule has 140 valence electrons. The third kappa shape index (κ3) is 3.38. The standard InChI is InChI=1S/C20H23N5O2/c1-2-15-6-8-16(9-7-15)17-13-21-10-12-23(17)19(26)14-25-20(27)24-11-4-3-5-18(24)22-25/h3-9,11,17,21H,2,10,12-14H2,1H3. The fourth-order valence-electron chi connectivity index (χ4n) is 3.57. The highest BCUT2D eigenvalue weighted by atomic mass is 16.2. The van der Waals surface area contributed by atoms with Crippen LogP contribution in [0.2, 0.25) is 0 Å². The number of benzene rings is 1. The highest BCUT2D eigenvalue weighted by molar-refractivity contribution is 5.76. The third-order valence-corrected chi connectivity index (χ3v) is 5.11. The molecule has 1 unspecified atom stereocenters. The molecule has 1 atom stereocenters. The van der Waals surface area contributed by atoms with Gasteiger partial charge < -0.3 is 10.2 Å². The van der Waals surface area contributed by atoms with Crippen molar-refractivity contribution < 1.29 is 4.79 Å². The topological polar surface area (TPSA) is 71.6 Å². The van der Waals surface area contributed by atoms with Crippen molar-refractivity contribution in [1.29, 1.82) is 0 Å². The van der Waals surface area contributed by atoms with Crippen molar-refractivity contribution in [3.63, 3.8) is 0 Å². The first-order valence-electron chi connectivity index (χ1n) is 9.30. The molecular weight excluding hydrogens is 342 g/mol. The molecule has 1 aliphatic rings. The molecule has 0 spiro atoms. The molecule has 1 amide bonds. The van der Waals surface area contributed by atoms with E-state index in [4.69, 9.17) is 0 Å². The number of fused-ring (bicyclic) bond motifs is 1. The monoisotopic (exact) mass is 365 g/mol. The van der Waals surface area contributed by atoms with Gasteiger partial charge in [0.05, 0.1) is 6.04 Å². The Hall–Kier alpha value is -2.93. The third-order valence-electron chi connectivity index (χ3n) is 5.11. The van der Waals surface area contributed by atoms with E-state index in [0.717, 1.165) is 18.5 Å². The second-order valence-electron chi connectivity index (χ2n) is 6.77. The van der Waals surface area contributed by atoms with E-state index in [1.807, 2.05) is 11.0 Å². The Labute approximate surface area is 157 Å². The van der Waals surface area contributed by atoms with E-state index in [0.29, 0.717) is 18.7 Å². The maximum atomic E-state index is 13.0. The highest BCUT2D eigenvalue weighted by Gasteiger charge is 2.28. The quantitative estimate of drug-likeness (QED) is 0.755. The zero-order valence-corrected chi connectivity index (χ0v) is 15.3. The first-order chi connectivity index (χ1) is 13.2. The van der Waals surface area contributed by atoms with Crippen LogP contribution in [-0.4, -0.2) is 44.6 Å². The van der Waals surface area contributed by atoms with Gasteiger partial charge in [-0.2, -0.15) is 0 Å². The van der Waals surface area contributed by atoms with Crippen molar-refractivity contribution in [3.8, 4) is 0 Å². The molecule has 1 N–H and O–H groups in total. The fourth-order valence-corrected chi connectivity index (χ4v) is 3.57. The number of rotatable bonds is 4. The average Bonchev–Trinajstić information content (AvgIpc) is 3.03. The van der Waals surface area contributed by atoms with Gasteiger partial charge in [-0.05, 0) is 29.7 Å². The fraction of sp³-hybridized carbons (Fsp3) is 0.350. The zero-order valence-electron chi connectivity index (χ0n) is 15.3. The first kappa shape index (κ1) is 17.5. The average molecular weight is 365 g/mol. The van der Waals surface area contributed by atoms with Crippen LogP contribution in [0.4, 0.5) is 0 Å². The van der Waals surface area contributed by atoms with E-state index < -0.39 is 0 Å². The second-order valence-corrected chi connectivity index (χ2v) is 6.77.